The summed E-state index contributed by atoms with van der Waals surface area (Å²) in [5.74, 6) is -0.539. The molecule has 4 amide bonds. The number of amides is 4. The maximum atomic E-state index is 14.7. The van der Waals surface area contributed by atoms with Crippen LogP contribution >= 0.6 is 0 Å². The first kappa shape index (κ1) is 34.9. The molecule has 5 rings (SSSR count). The highest BCUT2D eigenvalue weighted by molar-refractivity contribution is 5.94. The van der Waals surface area contributed by atoms with Crippen LogP contribution < -0.4 is 15.4 Å². The Kier molecular flexibility index (Phi) is 10.4. The first-order valence-electron chi connectivity index (χ1n) is 17.2. The van der Waals surface area contributed by atoms with Crippen molar-refractivity contribution in [1.82, 2.24) is 25.3 Å². The number of fused-ring (bicyclic) bond motifs is 2. The van der Waals surface area contributed by atoms with Gasteiger partial charge in [-0.1, -0.05) is 58.2 Å². The van der Waals surface area contributed by atoms with Crippen LogP contribution in [0.5, 0.6) is 5.75 Å². The second-order valence-corrected chi connectivity index (χ2v) is 15.6. The fraction of sp³-hybridized carbons (Fsp3) is 0.714. The van der Waals surface area contributed by atoms with E-state index in [1.54, 1.807) is 18.7 Å². The summed E-state index contributed by atoms with van der Waals surface area (Å²) in [7, 11) is 0. The lowest BCUT2D eigenvalue weighted by atomic mass is 9.82. The summed E-state index contributed by atoms with van der Waals surface area (Å²) in [5.41, 5.74) is -0.425. The number of piperazine rings is 1. The Bertz CT molecular complexity index is 1320. The Morgan fingerprint density at radius 3 is 2.47 bits per heavy atom. The third-order valence-corrected chi connectivity index (χ3v) is 10.2. The lowest BCUT2D eigenvalue weighted by molar-refractivity contribution is -0.150. The van der Waals surface area contributed by atoms with Crippen molar-refractivity contribution in [2.75, 3.05) is 32.8 Å². The van der Waals surface area contributed by atoms with Gasteiger partial charge in [-0.15, -0.1) is 0 Å². The molecule has 1 aliphatic carbocycles. The maximum Gasteiger partial charge on any atom is 0.407 e. The van der Waals surface area contributed by atoms with Gasteiger partial charge in [0.15, 0.2) is 0 Å². The van der Waals surface area contributed by atoms with Gasteiger partial charge in [-0.3, -0.25) is 24.2 Å². The molecule has 1 saturated carbocycles. The number of para-hydroxylation sites is 1. The van der Waals surface area contributed by atoms with Gasteiger partial charge in [-0.2, -0.15) is 0 Å². The summed E-state index contributed by atoms with van der Waals surface area (Å²) in [4.78, 5) is 59.7. The number of aliphatic hydroxyl groups is 1. The molecule has 0 bridgehead atoms. The zero-order valence-corrected chi connectivity index (χ0v) is 28.5. The zero-order valence-electron chi connectivity index (χ0n) is 28.5. The number of hydrogen-bond acceptors (Lipinski definition) is 7. The van der Waals surface area contributed by atoms with E-state index in [0.29, 0.717) is 26.0 Å². The van der Waals surface area contributed by atoms with E-state index in [9.17, 15) is 29.4 Å². The van der Waals surface area contributed by atoms with Gasteiger partial charge in [0.25, 0.3) is 0 Å². The molecular weight excluding hydrogens is 602 g/mol. The molecule has 0 spiro atoms. The van der Waals surface area contributed by atoms with Crippen molar-refractivity contribution < 1.29 is 34.1 Å². The fourth-order valence-corrected chi connectivity index (χ4v) is 7.89. The van der Waals surface area contributed by atoms with E-state index in [2.05, 4.69) is 15.5 Å². The van der Waals surface area contributed by atoms with Crippen LogP contribution in [0.15, 0.2) is 24.3 Å². The molecule has 4 aliphatic rings. The Hall–Kier alpha value is -3.38. The number of rotatable bonds is 8. The average Bonchev–Trinajstić information content (AvgIpc) is 3.33. The highest BCUT2D eigenvalue weighted by Gasteiger charge is 2.50. The van der Waals surface area contributed by atoms with Gasteiger partial charge >= 0.3 is 6.09 Å². The minimum Gasteiger partial charge on any atom is -0.493 e. The van der Waals surface area contributed by atoms with Crippen LogP contribution in [0.4, 0.5) is 4.79 Å². The predicted molar refractivity (Wildman–Crippen MR) is 176 cm³/mol. The van der Waals surface area contributed by atoms with Crippen LogP contribution in [0.2, 0.25) is 0 Å². The van der Waals surface area contributed by atoms with Gasteiger partial charge in [-0.05, 0) is 50.5 Å². The van der Waals surface area contributed by atoms with Gasteiger partial charge in [0, 0.05) is 44.2 Å². The third kappa shape index (κ3) is 8.20. The van der Waals surface area contributed by atoms with E-state index in [1.807, 2.05) is 45.0 Å². The molecule has 4 N–H and O–H groups in total. The van der Waals surface area contributed by atoms with E-state index in [4.69, 9.17) is 4.74 Å². The second-order valence-electron chi connectivity index (χ2n) is 15.6. The monoisotopic (exact) mass is 655 g/mol. The van der Waals surface area contributed by atoms with E-state index in [0.717, 1.165) is 48.3 Å². The number of nitrogens with one attached hydrogen (secondary N) is 2. The van der Waals surface area contributed by atoms with Crippen LogP contribution in [-0.2, 0) is 14.4 Å². The standard InChI is InChI=1S/C35H53N5O7/c1-22(40(33(44)45)20-34(2,3)4)30(41)37-29(23-11-7-6-8-12-23)32(43)39-18-24-17-35(5,46)21-38(24)19-27(39)31(42)36-26-15-16-47-28-14-10-9-13-25(26)28/h9-10,13-14,22-24,26-27,29,46H,6-8,11-12,15-21H2,1-5H3,(H,36,42)(H,37,41)(H,44,45)/t22-,24+,26+,27-,29-,35+/m0/s1. The Labute approximate surface area is 278 Å². The summed E-state index contributed by atoms with van der Waals surface area (Å²) in [6, 6.07) is 4.47. The average molecular weight is 656 g/mol. The van der Waals surface area contributed by atoms with Crippen molar-refractivity contribution in [3.05, 3.63) is 29.8 Å². The molecule has 12 nitrogen and oxygen atoms in total. The van der Waals surface area contributed by atoms with E-state index in [1.165, 1.54) is 0 Å². The Morgan fingerprint density at radius 1 is 1.09 bits per heavy atom. The van der Waals surface area contributed by atoms with Crippen LogP contribution in [0, 0.1) is 11.3 Å². The fourth-order valence-electron chi connectivity index (χ4n) is 7.89. The highest BCUT2D eigenvalue weighted by Crippen LogP contribution is 2.35. The SMILES string of the molecule is C[C@@H](C(=O)N[C@H](C(=O)N1C[C@H]2C[C@@](C)(O)CN2C[C@H]1C(=O)N[C@@H]1CCOc2ccccc21)C1CCCCC1)N(CC(C)(C)C)C(=O)O. The summed E-state index contributed by atoms with van der Waals surface area (Å²) < 4.78 is 5.80. The lowest BCUT2D eigenvalue weighted by Gasteiger charge is -2.45. The number of hydrogen-bond donors (Lipinski definition) is 4. The van der Waals surface area contributed by atoms with Crippen molar-refractivity contribution in [1.29, 1.82) is 0 Å². The zero-order chi connectivity index (χ0) is 34.1. The lowest BCUT2D eigenvalue weighted by Crippen LogP contribution is -2.66. The molecule has 12 heteroatoms. The van der Waals surface area contributed by atoms with E-state index >= 15 is 0 Å². The minimum atomic E-state index is -1.20. The molecule has 3 aliphatic heterocycles. The first-order valence-corrected chi connectivity index (χ1v) is 17.2. The van der Waals surface area contributed by atoms with Crippen LogP contribution in [0.3, 0.4) is 0 Å². The minimum absolute atomic E-state index is 0.127. The maximum absolute atomic E-state index is 14.7. The molecule has 3 heterocycles. The number of carbonyl (C=O) groups is 4. The van der Waals surface area contributed by atoms with Crippen molar-refractivity contribution >= 4 is 23.8 Å². The number of ether oxygens (including phenoxy) is 1. The van der Waals surface area contributed by atoms with Crippen LogP contribution in [0.25, 0.3) is 0 Å². The van der Waals surface area contributed by atoms with E-state index < -0.39 is 35.7 Å². The van der Waals surface area contributed by atoms with Crippen molar-refractivity contribution in [2.24, 2.45) is 11.3 Å². The van der Waals surface area contributed by atoms with Crippen molar-refractivity contribution in [3.8, 4) is 5.75 Å². The molecule has 1 aromatic rings. The number of benzene rings is 1. The normalized spacial score (nSPS) is 27.9. The topological polar surface area (TPSA) is 152 Å². The van der Waals surface area contributed by atoms with Gasteiger partial charge in [0.2, 0.25) is 17.7 Å². The second kappa shape index (κ2) is 14.0. The van der Waals surface area contributed by atoms with Gasteiger partial charge in [-0.25, -0.2) is 4.79 Å². The smallest absolute Gasteiger partial charge is 0.407 e. The van der Waals surface area contributed by atoms with Crippen molar-refractivity contribution in [2.45, 2.75) is 115 Å². The molecule has 1 aromatic carbocycles. The largest absolute Gasteiger partial charge is 0.493 e. The van der Waals surface area contributed by atoms with E-state index in [-0.39, 0.29) is 54.9 Å². The van der Waals surface area contributed by atoms with Crippen LogP contribution in [-0.4, -0.2) is 111 Å². The molecule has 2 saturated heterocycles. The predicted octanol–water partition coefficient (Wildman–Crippen LogP) is 3.14. The van der Waals surface area contributed by atoms with Gasteiger partial charge < -0.3 is 30.5 Å². The van der Waals surface area contributed by atoms with Gasteiger partial charge in [0.05, 0.1) is 18.2 Å². The summed E-state index contributed by atoms with van der Waals surface area (Å²) in [6.07, 6.45) is 4.28. The first-order chi connectivity index (χ1) is 22.1. The molecule has 6 atom stereocenters. The summed E-state index contributed by atoms with van der Waals surface area (Å²) in [6.45, 7) is 10.6. The molecule has 260 valence electrons. The molecule has 47 heavy (non-hydrogen) atoms. The van der Waals surface area contributed by atoms with Crippen LogP contribution in [0.1, 0.15) is 91.2 Å². The highest BCUT2D eigenvalue weighted by atomic mass is 16.5. The van der Waals surface area contributed by atoms with Gasteiger partial charge in [0.1, 0.15) is 23.9 Å². The molecule has 0 aromatic heterocycles. The number of nitrogens with zero attached hydrogens (tertiary/aromatic N) is 3. The number of carbonyl (C=O) groups excluding carboxylic acids is 3. The summed E-state index contributed by atoms with van der Waals surface area (Å²) in [5, 5.41) is 27.1. The quantitative estimate of drug-likeness (QED) is 0.334. The number of carboxylic acid groups (broad SMARTS) is 1. The molecule has 0 radical (unpaired) electrons. The molecule has 0 unspecified atom stereocenters. The molecule has 3 fully saturated rings. The Morgan fingerprint density at radius 2 is 1.79 bits per heavy atom. The van der Waals surface area contributed by atoms with Crippen molar-refractivity contribution in [3.63, 3.8) is 0 Å². The summed E-state index contributed by atoms with van der Waals surface area (Å²) >= 11 is 0. The Balaban J connectivity index is 1.42. The third-order valence-electron chi connectivity index (χ3n) is 10.2. The molecular formula is C35H53N5O7.